The van der Waals surface area contributed by atoms with Crippen LogP contribution in [0.2, 0.25) is 5.02 Å². The molecule has 0 bridgehead atoms. The Hall–Kier alpha value is -2.00. The van der Waals surface area contributed by atoms with Gasteiger partial charge in [0.05, 0.1) is 17.9 Å². The van der Waals surface area contributed by atoms with Gasteiger partial charge in [-0.3, -0.25) is 4.79 Å². The Labute approximate surface area is 138 Å². The second-order valence-corrected chi connectivity index (χ2v) is 7.34. The molecule has 1 aromatic rings. The van der Waals surface area contributed by atoms with Crippen molar-refractivity contribution in [1.82, 2.24) is 5.32 Å². The summed E-state index contributed by atoms with van der Waals surface area (Å²) >= 11 is 5.85. The van der Waals surface area contributed by atoms with Crippen molar-refractivity contribution in [1.29, 1.82) is 0 Å². The lowest BCUT2D eigenvalue weighted by molar-refractivity contribution is -0.136. The molecule has 2 amide bonds. The number of aliphatic carboxylic acids is 1. The van der Waals surface area contributed by atoms with Crippen LogP contribution in [-0.4, -0.2) is 50.7 Å². The average Bonchev–Trinajstić information content (AvgIpc) is 2.39. The van der Waals surface area contributed by atoms with Gasteiger partial charge in [0.25, 0.3) is 0 Å². The molecule has 0 unspecified atom stereocenters. The Bertz CT molecular complexity index is 677. The number of carboxylic acids is 1. The Morgan fingerprint density at radius 1 is 1.35 bits per heavy atom. The molecule has 8 nitrogen and oxygen atoms in total. The number of hydrogen-bond donors (Lipinski definition) is 3. The molecule has 128 valence electrons. The summed E-state index contributed by atoms with van der Waals surface area (Å²) in [5.41, 5.74) is 0.249. The molecule has 1 rings (SSSR count). The van der Waals surface area contributed by atoms with Crippen LogP contribution in [-0.2, 0) is 14.6 Å². The number of sulfone groups is 1. The lowest BCUT2D eigenvalue weighted by Gasteiger charge is -2.13. The van der Waals surface area contributed by atoms with Crippen molar-refractivity contribution in [3.05, 3.63) is 23.2 Å². The maximum atomic E-state index is 11.7. The lowest BCUT2D eigenvalue weighted by Crippen LogP contribution is -2.30. The molecule has 1 aromatic carbocycles. The van der Waals surface area contributed by atoms with Crippen LogP contribution < -0.4 is 15.4 Å². The van der Waals surface area contributed by atoms with Crippen molar-refractivity contribution in [3.63, 3.8) is 0 Å². The summed E-state index contributed by atoms with van der Waals surface area (Å²) in [7, 11) is -3.16. The van der Waals surface area contributed by atoms with Gasteiger partial charge in [-0.2, -0.15) is 0 Å². The molecule has 0 aliphatic rings. The van der Waals surface area contributed by atoms with Gasteiger partial charge in [-0.25, -0.2) is 13.2 Å². The van der Waals surface area contributed by atoms with Crippen LogP contribution in [0, 0.1) is 0 Å². The first-order valence-corrected chi connectivity index (χ1v) is 8.98. The van der Waals surface area contributed by atoms with Gasteiger partial charge in [0.15, 0.2) is 9.84 Å². The highest BCUT2D eigenvalue weighted by Crippen LogP contribution is 2.28. The first-order chi connectivity index (χ1) is 10.7. The molecule has 0 saturated carbocycles. The monoisotopic (exact) mass is 364 g/mol. The summed E-state index contributed by atoms with van der Waals surface area (Å²) in [4.78, 5) is 22.1. The number of carbonyl (C=O) groups excluding carboxylic acids is 1. The second-order valence-electron chi connectivity index (χ2n) is 4.64. The van der Waals surface area contributed by atoms with Crippen LogP contribution in [0.1, 0.15) is 6.42 Å². The number of halogens is 1. The third-order valence-electron chi connectivity index (χ3n) is 2.53. The van der Waals surface area contributed by atoms with Crippen molar-refractivity contribution >= 4 is 39.1 Å². The Balaban J connectivity index is 2.67. The third kappa shape index (κ3) is 8.27. The molecule has 0 aliphatic heterocycles. The van der Waals surface area contributed by atoms with Crippen LogP contribution in [0.3, 0.4) is 0 Å². The van der Waals surface area contributed by atoms with E-state index in [1.807, 2.05) is 0 Å². The Morgan fingerprint density at radius 2 is 2.04 bits per heavy atom. The van der Waals surface area contributed by atoms with E-state index in [1.165, 1.54) is 18.2 Å². The van der Waals surface area contributed by atoms with Crippen molar-refractivity contribution in [2.45, 2.75) is 6.42 Å². The normalized spacial score (nSPS) is 10.9. The van der Waals surface area contributed by atoms with E-state index >= 15 is 0 Å². The third-order valence-corrected chi connectivity index (χ3v) is 3.67. The zero-order valence-corrected chi connectivity index (χ0v) is 13.9. The molecule has 3 N–H and O–H groups in total. The Morgan fingerprint density at radius 3 is 2.65 bits per heavy atom. The zero-order chi connectivity index (χ0) is 17.5. The summed E-state index contributed by atoms with van der Waals surface area (Å²) in [5.74, 6) is -0.941. The SMILES string of the molecule is CS(=O)(=O)CCOc1ccc(Cl)cc1NC(=O)NCCC(=O)O. The fourth-order valence-corrected chi connectivity index (χ4v) is 2.04. The van der Waals surface area contributed by atoms with E-state index in [1.54, 1.807) is 0 Å². The minimum absolute atomic E-state index is 0.0357. The number of hydrogen-bond acceptors (Lipinski definition) is 5. The number of carboxylic acid groups (broad SMARTS) is 1. The molecule has 0 saturated heterocycles. The van der Waals surface area contributed by atoms with Gasteiger partial charge in [0.2, 0.25) is 0 Å². The van der Waals surface area contributed by atoms with Crippen molar-refractivity contribution in [2.75, 3.05) is 30.5 Å². The maximum absolute atomic E-state index is 11.7. The van der Waals surface area contributed by atoms with E-state index in [-0.39, 0.29) is 36.8 Å². The van der Waals surface area contributed by atoms with Gasteiger partial charge in [-0.1, -0.05) is 11.6 Å². The van der Waals surface area contributed by atoms with E-state index in [0.717, 1.165) is 6.26 Å². The molecule has 0 aromatic heterocycles. The smallest absolute Gasteiger partial charge is 0.319 e. The largest absolute Gasteiger partial charge is 0.490 e. The summed E-state index contributed by atoms with van der Waals surface area (Å²) in [6, 6.07) is 3.85. The molecule has 10 heteroatoms. The first kappa shape index (κ1) is 19.0. The van der Waals surface area contributed by atoms with Crippen LogP contribution in [0.25, 0.3) is 0 Å². The number of anilines is 1. The summed E-state index contributed by atoms with van der Waals surface area (Å²) < 4.78 is 27.5. The molecular formula is C13H17ClN2O6S. The predicted molar refractivity (Wildman–Crippen MR) is 85.9 cm³/mol. The first-order valence-electron chi connectivity index (χ1n) is 6.54. The van der Waals surface area contributed by atoms with Gasteiger partial charge >= 0.3 is 12.0 Å². The quantitative estimate of drug-likeness (QED) is 0.640. The highest BCUT2D eigenvalue weighted by molar-refractivity contribution is 7.90. The number of rotatable bonds is 8. The van der Waals surface area contributed by atoms with Crippen molar-refractivity contribution < 1.29 is 27.9 Å². The molecule has 23 heavy (non-hydrogen) atoms. The summed E-state index contributed by atoms with van der Waals surface area (Å²) in [6.45, 7) is -0.109. The number of amides is 2. The van der Waals surface area contributed by atoms with E-state index in [2.05, 4.69) is 10.6 Å². The van der Waals surface area contributed by atoms with Gasteiger partial charge in [-0.05, 0) is 18.2 Å². The zero-order valence-electron chi connectivity index (χ0n) is 12.3. The lowest BCUT2D eigenvalue weighted by atomic mass is 10.3. The number of nitrogens with one attached hydrogen (secondary N) is 2. The van der Waals surface area contributed by atoms with Gasteiger partial charge in [0.1, 0.15) is 12.4 Å². The predicted octanol–water partition coefficient (Wildman–Crippen LogP) is 1.36. The molecule has 0 heterocycles. The van der Waals surface area contributed by atoms with Crippen LogP contribution in [0.15, 0.2) is 18.2 Å². The van der Waals surface area contributed by atoms with E-state index in [0.29, 0.717) is 5.02 Å². The molecule has 0 spiro atoms. The van der Waals surface area contributed by atoms with Gasteiger partial charge in [-0.15, -0.1) is 0 Å². The topological polar surface area (TPSA) is 122 Å². The van der Waals surface area contributed by atoms with Crippen LogP contribution in [0.5, 0.6) is 5.75 Å². The minimum atomic E-state index is -3.16. The van der Waals surface area contributed by atoms with E-state index in [9.17, 15) is 18.0 Å². The summed E-state index contributed by atoms with van der Waals surface area (Å²) in [5, 5.41) is 13.7. The van der Waals surface area contributed by atoms with Crippen LogP contribution >= 0.6 is 11.6 Å². The van der Waals surface area contributed by atoms with Crippen molar-refractivity contribution in [2.24, 2.45) is 0 Å². The van der Waals surface area contributed by atoms with E-state index in [4.69, 9.17) is 21.4 Å². The molecule has 0 aliphatic carbocycles. The number of carbonyl (C=O) groups is 2. The Kier molecular flexibility index (Phi) is 7.11. The highest BCUT2D eigenvalue weighted by Gasteiger charge is 2.10. The fourth-order valence-electron chi connectivity index (χ4n) is 1.48. The average molecular weight is 365 g/mol. The minimum Gasteiger partial charge on any atom is -0.490 e. The molecule has 0 fully saturated rings. The molecule has 0 atom stereocenters. The maximum Gasteiger partial charge on any atom is 0.319 e. The van der Waals surface area contributed by atoms with E-state index < -0.39 is 21.8 Å². The number of urea groups is 1. The summed E-state index contributed by atoms with van der Waals surface area (Å²) in [6.07, 6.45) is 0.883. The molecular weight excluding hydrogens is 348 g/mol. The standard InChI is InChI=1S/C13H17ClN2O6S/c1-23(20,21)7-6-22-11-3-2-9(14)8-10(11)16-13(19)15-5-4-12(17)18/h2-3,8H,4-7H2,1H3,(H,17,18)(H2,15,16,19). The number of ether oxygens (including phenoxy) is 1. The number of benzene rings is 1. The van der Waals surface area contributed by atoms with Gasteiger partial charge < -0.3 is 20.5 Å². The van der Waals surface area contributed by atoms with Crippen molar-refractivity contribution in [3.8, 4) is 5.75 Å². The fraction of sp³-hybridized carbons (Fsp3) is 0.385. The van der Waals surface area contributed by atoms with Gasteiger partial charge in [0, 0.05) is 17.8 Å². The molecule has 0 radical (unpaired) electrons. The van der Waals surface area contributed by atoms with Crippen LogP contribution in [0.4, 0.5) is 10.5 Å². The highest BCUT2D eigenvalue weighted by atomic mass is 35.5. The second kappa shape index (κ2) is 8.59.